The van der Waals surface area contributed by atoms with Gasteiger partial charge < -0.3 is 4.74 Å². The van der Waals surface area contributed by atoms with Crippen LogP contribution in [-0.4, -0.2) is 29.4 Å². The highest BCUT2D eigenvalue weighted by Crippen LogP contribution is 2.32. The zero-order chi connectivity index (χ0) is 22.6. The van der Waals surface area contributed by atoms with Gasteiger partial charge in [-0.25, -0.2) is 0 Å². The normalized spacial score (nSPS) is 18.8. The molecule has 0 heterocycles. The van der Waals surface area contributed by atoms with Crippen LogP contribution in [0, 0.1) is 11.8 Å². The highest BCUT2D eigenvalue weighted by molar-refractivity contribution is 6.08. The number of benzene rings is 1. The zero-order valence-corrected chi connectivity index (χ0v) is 18.7. The van der Waals surface area contributed by atoms with Gasteiger partial charge in [0.2, 0.25) is 0 Å². The van der Waals surface area contributed by atoms with Crippen LogP contribution in [0.4, 0.5) is 0 Å². The molecule has 5 heteroatoms. The fraction of sp³-hybridized carbons (Fsp3) is 0.538. The molecule has 0 amide bonds. The van der Waals surface area contributed by atoms with Crippen LogP contribution in [0.3, 0.4) is 0 Å². The summed E-state index contributed by atoms with van der Waals surface area (Å²) in [5, 5.41) is 0. The van der Waals surface area contributed by atoms with Crippen LogP contribution >= 0.6 is 0 Å². The van der Waals surface area contributed by atoms with Gasteiger partial charge in [0.15, 0.2) is 0 Å². The SMILES string of the molecule is CC(C)OC(=O)CCC/C=C\C[C@H]1C(=O)CC(=O)[C@@H]1CCC(=O)CCc1ccccc1. The summed E-state index contributed by atoms with van der Waals surface area (Å²) >= 11 is 0. The number of carbonyl (C=O) groups is 4. The topological polar surface area (TPSA) is 77.5 Å². The lowest BCUT2D eigenvalue weighted by atomic mass is 9.87. The molecule has 1 fully saturated rings. The van der Waals surface area contributed by atoms with Crippen LogP contribution in [-0.2, 0) is 30.3 Å². The first-order chi connectivity index (χ1) is 14.9. The van der Waals surface area contributed by atoms with E-state index in [1.54, 1.807) is 0 Å². The Hall–Kier alpha value is -2.56. The Morgan fingerprint density at radius 3 is 2.42 bits per heavy atom. The summed E-state index contributed by atoms with van der Waals surface area (Å²) in [4.78, 5) is 48.3. The molecule has 0 spiro atoms. The van der Waals surface area contributed by atoms with Crippen molar-refractivity contribution in [3.05, 3.63) is 48.0 Å². The molecule has 0 bridgehead atoms. The third-order valence-corrected chi connectivity index (χ3v) is 5.61. The Balaban J connectivity index is 1.72. The molecule has 0 unspecified atom stereocenters. The van der Waals surface area contributed by atoms with Gasteiger partial charge in [0.25, 0.3) is 0 Å². The van der Waals surface area contributed by atoms with Gasteiger partial charge in [0, 0.05) is 31.1 Å². The quantitative estimate of drug-likeness (QED) is 0.196. The van der Waals surface area contributed by atoms with Crippen LogP contribution < -0.4 is 0 Å². The first-order valence-electron chi connectivity index (χ1n) is 11.3. The van der Waals surface area contributed by atoms with Crippen LogP contribution in [0.15, 0.2) is 42.5 Å². The Morgan fingerprint density at radius 2 is 1.71 bits per heavy atom. The molecule has 1 aliphatic rings. The maximum absolute atomic E-state index is 12.3. The summed E-state index contributed by atoms with van der Waals surface area (Å²) in [6.45, 7) is 3.65. The van der Waals surface area contributed by atoms with Gasteiger partial charge in [0.05, 0.1) is 12.5 Å². The molecule has 2 rings (SSSR count). The number of Topliss-reactive ketones (excluding diaryl/α,β-unsaturated/α-hetero) is 3. The molecule has 31 heavy (non-hydrogen) atoms. The zero-order valence-electron chi connectivity index (χ0n) is 18.7. The summed E-state index contributed by atoms with van der Waals surface area (Å²) in [6, 6.07) is 9.86. The number of ketones is 3. The number of ether oxygens (including phenoxy) is 1. The molecule has 2 atom stereocenters. The molecule has 0 aliphatic heterocycles. The third kappa shape index (κ3) is 8.99. The number of esters is 1. The van der Waals surface area contributed by atoms with E-state index in [0.717, 1.165) is 12.0 Å². The number of rotatable bonds is 13. The van der Waals surface area contributed by atoms with Crippen molar-refractivity contribution in [3.8, 4) is 0 Å². The second kappa shape index (κ2) is 13.0. The van der Waals surface area contributed by atoms with E-state index in [9.17, 15) is 19.2 Å². The summed E-state index contributed by atoms with van der Waals surface area (Å²) < 4.78 is 5.09. The van der Waals surface area contributed by atoms with Crippen molar-refractivity contribution in [2.45, 2.75) is 77.7 Å². The van der Waals surface area contributed by atoms with Crippen molar-refractivity contribution < 1.29 is 23.9 Å². The fourth-order valence-corrected chi connectivity index (χ4v) is 3.96. The van der Waals surface area contributed by atoms with Crippen molar-refractivity contribution in [3.63, 3.8) is 0 Å². The monoisotopic (exact) mass is 426 g/mol. The first kappa shape index (κ1) is 24.7. The predicted octanol–water partition coefficient (Wildman–Crippen LogP) is 4.81. The molecule has 1 aliphatic carbocycles. The third-order valence-electron chi connectivity index (χ3n) is 5.61. The highest BCUT2D eigenvalue weighted by Gasteiger charge is 2.40. The van der Waals surface area contributed by atoms with Crippen LogP contribution in [0.2, 0.25) is 0 Å². The second-order valence-corrected chi connectivity index (χ2v) is 8.52. The summed E-state index contributed by atoms with van der Waals surface area (Å²) in [5.41, 5.74) is 1.13. The van der Waals surface area contributed by atoms with E-state index >= 15 is 0 Å². The minimum absolute atomic E-state index is 0.0115. The lowest BCUT2D eigenvalue weighted by Crippen LogP contribution is -2.18. The maximum Gasteiger partial charge on any atom is 0.306 e. The molecule has 168 valence electrons. The van der Waals surface area contributed by atoms with Crippen LogP contribution in [0.5, 0.6) is 0 Å². The summed E-state index contributed by atoms with van der Waals surface area (Å²) in [5.74, 6) is -0.779. The Kier molecular flexibility index (Phi) is 10.3. The molecule has 0 saturated heterocycles. The van der Waals surface area contributed by atoms with Crippen molar-refractivity contribution in [2.24, 2.45) is 11.8 Å². The number of hydrogen-bond acceptors (Lipinski definition) is 5. The molecule has 0 N–H and O–H groups in total. The number of hydrogen-bond donors (Lipinski definition) is 0. The molecule has 0 aromatic heterocycles. The van der Waals surface area contributed by atoms with E-state index in [4.69, 9.17) is 4.74 Å². The van der Waals surface area contributed by atoms with Gasteiger partial charge in [-0.1, -0.05) is 42.5 Å². The highest BCUT2D eigenvalue weighted by atomic mass is 16.5. The largest absolute Gasteiger partial charge is 0.463 e. The molecule has 1 aromatic carbocycles. The number of carbonyl (C=O) groups excluding carboxylic acids is 4. The molecule has 1 aromatic rings. The molecule has 1 saturated carbocycles. The molecular weight excluding hydrogens is 392 g/mol. The van der Waals surface area contributed by atoms with Gasteiger partial charge >= 0.3 is 5.97 Å². The van der Waals surface area contributed by atoms with Gasteiger partial charge in [-0.3, -0.25) is 19.2 Å². The molecule has 0 radical (unpaired) electrons. The van der Waals surface area contributed by atoms with E-state index in [0.29, 0.717) is 44.9 Å². The van der Waals surface area contributed by atoms with E-state index in [1.807, 2.05) is 56.3 Å². The van der Waals surface area contributed by atoms with Crippen LogP contribution in [0.25, 0.3) is 0 Å². The average molecular weight is 427 g/mol. The van der Waals surface area contributed by atoms with E-state index in [-0.39, 0.29) is 47.7 Å². The second-order valence-electron chi connectivity index (χ2n) is 8.52. The van der Waals surface area contributed by atoms with E-state index in [1.165, 1.54) is 0 Å². The maximum atomic E-state index is 12.3. The van der Waals surface area contributed by atoms with Gasteiger partial charge in [-0.2, -0.15) is 0 Å². The van der Waals surface area contributed by atoms with E-state index in [2.05, 4.69) is 0 Å². The molecule has 5 nitrogen and oxygen atoms in total. The summed E-state index contributed by atoms with van der Waals surface area (Å²) in [6.07, 6.45) is 8.05. The van der Waals surface area contributed by atoms with Crippen molar-refractivity contribution in [1.29, 1.82) is 0 Å². The predicted molar refractivity (Wildman–Crippen MR) is 119 cm³/mol. The van der Waals surface area contributed by atoms with E-state index < -0.39 is 0 Å². The minimum Gasteiger partial charge on any atom is -0.463 e. The van der Waals surface area contributed by atoms with Crippen molar-refractivity contribution in [2.75, 3.05) is 0 Å². The van der Waals surface area contributed by atoms with Crippen molar-refractivity contribution in [1.82, 2.24) is 0 Å². The van der Waals surface area contributed by atoms with Crippen molar-refractivity contribution >= 4 is 23.3 Å². The average Bonchev–Trinajstić information content (AvgIpc) is 3.00. The lowest BCUT2D eigenvalue weighted by Gasteiger charge is -2.15. The fourth-order valence-electron chi connectivity index (χ4n) is 3.96. The first-order valence-corrected chi connectivity index (χ1v) is 11.3. The summed E-state index contributed by atoms with van der Waals surface area (Å²) in [7, 11) is 0. The standard InChI is InChI=1S/C26H34O5/c1-19(2)31-26(30)13-9-4-3-8-12-22-23(25(29)18-24(22)28)17-16-21(27)15-14-20-10-6-5-7-11-20/h3,5-8,10-11,19,22-23H,4,9,12-18H2,1-2H3/b8-3-/t22-,23-/m1/s1. The smallest absolute Gasteiger partial charge is 0.306 e. The molecular formula is C26H34O5. The number of unbranched alkanes of at least 4 members (excludes halogenated alkanes) is 1. The minimum atomic E-state index is -0.348. The Labute approximate surface area is 185 Å². The number of aryl methyl sites for hydroxylation is 1. The van der Waals surface area contributed by atoms with Gasteiger partial charge in [0.1, 0.15) is 17.3 Å². The van der Waals surface area contributed by atoms with Gasteiger partial charge in [-0.15, -0.1) is 0 Å². The van der Waals surface area contributed by atoms with Gasteiger partial charge in [-0.05, 0) is 51.5 Å². The lowest BCUT2D eigenvalue weighted by molar-refractivity contribution is -0.147. The number of allylic oxidation sites excluding steroid dienone is 2. The Morgan fingerprint density at radius 1 is 1.00 bits per heavy atom. The Bertz CT molecular complexity index is 778. The van der Waals surface area contributed by atoms with Crippen LogP contribution in [0.1, 0.15) is 70.8 Å².